The lowest BCUT2D eigenvalue weighted by molar-refractivity contribution is 0.925. The number of nitrogens with zero attached hydrogens (tertiary/aromatic N) is 2. The van der Waals surface area contributed by atoms with Gasteiger partial charge in [-0.3, -0.25) is 0 Å². The van der Waals surface area contributed by atoms with Gasteiger partial charge in [0.15, 0.2) is 0 Å². The van der Waals surface area contributed by atoms with Crippen LogP contribution in [0.25, 0.3) is 20.9 Å². The second-order valence-electron chi connectivity index (χ2n) is 7.28. The maximum atomic E-state index is 9.33. The molecule has 0 N–H and O–H groups in total. The molecule has 0 aliphatic heterocycles. The molecule has 2 heterocycles. The molecule has 2 aromatic heterocycles. The van der Waals surface area contributed by atoms with Gasteiger partial charge in [0.25, 0.3) is 0 Å². The summed E-state index contributed by atoms with van der Waals surface area (Å²) >= 11 is 3.26. The normalized spacial score (nSPS) is 18.7. The molecule has 2 aliphatic carbocycles. The molecule has 4 heteroatoms. The molecule has 126 valence electrons. The Labute approximate surface area is 161 Å². The summed E-state index contributed by atoms with van der Waals surface area (Å²) in [5.41, 5.74) is 10.9. The van der Waals surface area contributed by atoms with Crippen molar-refractivity contribution in [1.82, 2.24) is 0 Å². The monoisotopic (exact) mass is 372 g/mol. The van der Waals surface area contributed by atoms with Crippen molar-refractivity contribution in [1.29, 1.82) is 10.5 Å². The van der Waals surface area contributed by atoms with Gasteiger partial charge in [0.05, 0.1) is 0 Å². The number of fused-ring (bicyclic) bond motifs is 6. The third-order valence-corrected chi connectivity index (χ3v) is 8.24. The quantitative estimate of drug-likeness (QED) is 0.456. The van der Waals surface area contributed by atoms with Gasteiger partial charge in [0.1, 0.15) is 21.9 Å². The minimum absolute atomic E-state index is 0.317. The number of hydrogen-bond donors (Lipinski definition) is 0. The van der Waals surface area contributed by atoms with E-state index in [-0.39, 0.29) is 0 Å². The summed E-state index contributed by atoms with van der Waals surface area (Å²) < 4.78 is 0. The number of nitriles is 2. The molecule has 26 heavy (non-hydrogen) atoms. The molecule has 0 amide bonds. The number of benzene rings is 1. The first-order valence-corrected chi connectivity index (χ1v) is 10.4. The lowest BCUT2D eigenvalue weighted by Gasteiger charge is -2.20. The molecular formula is C22H16N2S2. The molecule has 2 nitrogen and oxygen atoms in total. The Balaban J connectivity index is 1.87. The first-order chi connectivity index (χ1) is 12.5. The standard InChI is InChI=1S/C22H16N2S2/c1-9-15-5-13(7-23)25-21(15)19-12(4)18-10(2)16-6-14(8-24)26-22(16)20(18)11(3)17(9)19/h5-6,9-10H,1-4H3. The molecule has 0 radical (unpaired) electrons. The fourth-order valence-electron chi connectivity index (χ4n) is 4.98. The predicted octanol–water partition coefficient (Wildman–Crippen LogP) is 6.43. The molecule has 2 atom stereocenters. The third-order valence-electron chi connectivity index (χ3n) is 6.09. The van der Waals surface area contributed by atoms with Crippen molar-refractivity contribution in [2.75, 3.05) is 0 Å². The second-order valence-corrected chi connectivity index (χ2v) is 9.39. The van der Waals surface area contributed by atoms with Crippen LogP contribution < -0.4 is 0 Å². The smallest absolute Gasteiger partial charge is 0.110 e. The second kappa shape index (κ2) is 5.07. The van der Waals surface area contributed by atoms with Gasteiger partial charge in [0.2, 0.25) is 0 Å². The van der Waals surface area contributed by atoms with E-state index >= 15 is 0 Å². The number of hydrogen-bond acceptors (Lipinski definition) is 4. The maximum Gasteiger partial charge on any atom is 0.110 e. The van der Waals surface area contributed by atoms with Gasteiger partial charge in [-0.25, -0.2) is 0 Å². The van der Waals surface area contributed by atoms with Crippen molar-refractivity contribution in [3.8, 4) is 33.0 Å². The Morgan fingerprint density at radius 1 is 0.769 bits per heavy atom. The van der Waals surface area contributed by atoms with E-state index in [0.29, 0.717) is 11.8 Å². The highest BCUT2D eigenvalue weighted by atomic mass is 32.1. The largest absolute Gasteiger partial charge is 0.192 e. The van der Waals surface area contributed by atoms with Crippen LogP contribution in [0.5, 0.6) is 0 Å². The van der Waals surface area contributed by atoms with E-state index in [2.05, 4.69) is 52.0 Å². The van der Waals surface area contributed by atoms with E-state index in [1.807, 2.05) is 0 Å². The van der Waals surface area contributed by atoms with Crippen molar-refractivity contribution in [3.63, 3.8) is 0 Å². The molecular weight excluding hydrogens is 356 g/mol. The van der Waals surface area contributed by atoms with E-state index in [0.717, 1.165) is 9.75 Å². The summed E-state index contributed by atoms with van der Waals surface area (Å²) in [7, 11) is 0. The Bertz CT molecular complexity index is 1110. The summed E-state index contributed by atoms with van der Waals surface area (Å²) in [6.07, 6.45) is 0. The van der Waals surface area contributed by atoms with Crippen LogP contribution in [0.1, 0.15) is 68.8 Å². The van der Waals surface area contributed by atoms with E-state index in [9.17, 15) is 10.5 Å². The first-order valence-electron chi connectivity index (χ1n) is 8.73. The van der Waals surface area contributed by atoms with Crippen molar-refractivity contribution < 1.29 is 0 Å². The van der Waals surface area contributed by atoms with Gasteiger partial charge in [-0.1, -0.05) is 13.8 Å². The Kier molecular flexibility index (Phi) is 3.09. The van der Waals surface area contributed by atoms with Crippen LogP contribution in [-0.2, 0) is 0 Å². The van der Waals surface area contributed by atoms with E-state index in [1.165, 1.54) is 54.3 Å². The molecule has 1 aromatic carbocycles. The Hall–Kier alpha value is -2.40. The first kappa shape index (κ1) is 15.8. The Morgan fingerprint density at radius 3 is 1.50 bits per heavy atom. The highest BCUT2D eigenvalue weighted by Gasteiger charge is 2.39. The molecule has 0 saturated heterocycles. The zero-order valence-electron chi connectivity index (χ0n) is 15.0. The van der Waals surface area contributed by atoms with Crippen molar-refractivity contribution in [3.05, 3.63) is 55.3 Å². The zero-order chi connectivity index (χ0) is 18.3. The number of rotatable bonds is 0. The average molecular weight is 373 g/mol. The van der Waals surface area contributed by atoms with Crippen LogP contribution in [0.3, 0.4) is 0 Å². The molecule has 0 fully saturated rings. The van der Waals surface area contributed by atoms with E-state index in [4.69, 9.17) is 0 Å². The van der Waals surface area contributed by atoms with Crippen LogP contribution in [0.4, 0.5) is 0 Å². The third kappa shape index (κ3) is 1.69. The highest BCUT2D eigenvalue weighted by molar-refractivity contribution is 7.16. The summed E-state index contributed by atoms with van der Waals surface area (Å²) in [5, 5.41) is 18.7. The number of thiophene rings is 2. The van der Waals surface area contributed by atoms with Crippen LogP contribution >= 0.6 is 22.7 Å². The van der Waals surface area contributed by atoms with Gasteiger partial charge >= 0.3 is 0 Å². The van der Waals surface area contributed by atoms with Crippen LogP contribution in [-0.4, -0.2) is 0 Å². The Morgan fingerprint density at radius 2 is 1.15 bits per heavy atom. The molecule has 5 rings (SSSR count). The fourth-order valence-corrected chi connectivity index (χ4v) is 7.32. The molecule has 3 aromatic rings. The minimum atomic E-state index is 0.317. The lowest BCUT2D eigenvalue weighted by atomic mass is 9.85. The lowest BCUT2D eigenvalue weighted by Crippen LogP contribution is -2.02. The van der Waals surface area contributed by atoms with Gasteiger partial charge in [-0.2, -0.15) is 10.5 Å². The summed E-state index contributed by atoms with van der Waals surface area (Å²) in [6, 6.07) is 8.77. The molecule has 2 aliphatic rings. The fraction of sp³-hybridized carbons (Fsp3) is 0.273. The SMILES string of the molecule is Cc1c2c(c(C)c3c1C(C)c1cc(C#N)sc1-3)C(C)c1cc(C#N)sc1-2. The minimum Gasteiger partial charge on any atom is -0.192 e. The topological polar surface area (TPSA) is 47.6 Å². The van der Waals surface area contributed by atoms with Gasteiger partial charge < -0.3 is 0 Å². The van der Waals surface area contributed by atoms with Crippen LogP contribution in [0.15, 0.2) is 12.1 Å². The molecule has 0 bridgehead atoms. The van der Waals surface area contributed by atoms with Crippen molar-refractivity contribution in [2.45, 2.75) is 39.5 Å². The van der Waals surface area contributed by atoms with Gasteiger partial charge in [-0.15, -0.1) is 22.7 Å². The van der Waals surface area contributed by atoms with Gasteiger partial charge in [-0.05, 0) is 70.5 Å². The summed E-state index contributed by atoms with van der Waals surface area (Å²) in [6.45, 7) is 8.99. The van der Waals surface area contributed by atoms with Gasteiger partial charge in [0, 0.05) is 21.6 Å². The van der Waals surface area contributed by atoms with E-state index in [1.54, 1.807) is 22.7 Å². The summed E-state index contributed by atoms with van der Waals surface area (Å²) in [4.78, 5) is 4.17. The molecule has 0 saturated carbocycles. The highest BCUT2D eigenvalue weighted by Crippen LogP contribution is 2.59. The zero-order valence-corrected chi connectivity index (χ0v) is 16.7. The van der Waals surface area contributed by atoms with Crippen LogP contribution in [0.2, 0.25) is 0 Å². The van der Waals surface area contributed by atoms with Crippen LogP contribution in [0, 0.1) is 36.5 Å². The van der Waals surface area contributed by atoms with Crippen molar-refractivity contribution >= 4 is 22.7 Å². The summed E-state index contributed by atoms with van der Waals surface area (Å²) in [5.74, 6) is 0.634. The maximum absolute atomic E-state index is 9.33. The molecule has 2 unspecified atom stereocenters. The van der Waals surface area contributed by atoms with E-state index < -0.39 is 0 Å². The average Bonchev–Trinajstić information content (AvgIpc) is 3.34. The van der Waals surface area contributed by atoms with Crippen molar-refractivity contribution in [2.24, 2.45) is 0 Å². The predicted molar refractivity (Wildman–Crippen MR) is 107 cm³/mol. The molecule has 0 spiro atoms.